The summed E-state index contributed by atoms with van der Waals surface area (Å²) in [6, 6.07) is 5.50. The Balaban J connectivity index is 1.80. The summed E-state index contributed by atoms with van der Waals surface area (Å²) < 4.78 is 16.0. The van der Waals surface area contributed by atoms with Gasteiger partial charge >= 0.3 is 12.1 Å². The van der Waals surface area contributed by atoms with E-state index in [0.717, 1.165) is 24.5 Å². The van der Waals surface area contributed by atoms with Gasteiger partial charge in [0.1, 0.15) is 11.4 Å². The molecule has 162 valence electrons. The molecule has 0 bridgehead atoms. The number of nitrogens with zero attached hydrogens (tertiary/aromatic N) is 1. The first-order valence-electron chi connectivity index (χ1n) is 9.97. The minimum Gasteiger partial charge on any atom is -0.491 e. The molecule has 0 unspecified atom stereocenters. The minimum atomic E-state index is -0.504. The molecule has 2 rings (SSSR count). The largest absolute Gasteiger partial charge is 0.491 e. The summed E-state index contributed by atoms with van der Waals surface area (Å²) in [5, 5.41) is 3.45. The molecule has 1 amide bonds. The van der Waals surface area contributed by atoms with Gasteiger partial charge in [0.15, 0.2) is 0 Å². The molecule has 1 N–H and O–H groups in total. The first-order chi connectivity index (χ1) is 13.7. The second-order valence-electron chi connectivity index (χ2n) is 8.02. The lowest BCUT2D eigenvalue weighted by atomic mass is 9.99. The SMILES string of the molecule is CCOC(=O)CCCOc1ccc(Cl)cc1N1CC(CNC(=O)OC(C)(C)C)C1. The maximum Gasteiger partial charge on any atom is 0.407 e. The van der Waals surface area contributed by atoms with Crippen molar-refractivity contribution in [3.05, 3.63) is 23.2 Å². The third-order valence-corrected chi connectivity index (χ3v) is 4.48. The summed E-state index contributed by atoms with van der Waals surface area (Å²) in [7, 11) is 0. The van der Waals surface area contributed by atoms with Gasteiger partial charge in [-0.2, -0.15) is 0 Å². The Kier molecular flexibility index (Phi) is 8.44. The van der Waals surface area contributed by atoms with E-state index in [4.69, 9.17) is 25.8 Å². The lowest BCUT2D eigenvalue weighted by Crippen LogP contribution is -2.52. The Hall–Kier alpha value is -2.15. The van der Waals surface area contributed by atoms with Crippen molar-refractivity contribution in [2.75, 3.05) is 37.7 Å². The van der Waals surface area contributed by atoms with Crippen molar-refractivity contribution in [2.45, 2.75) is 46.1 Å². The molecule has 1 aromatic carbocycles. The molecule has 8 heteroatoms. The molecule has 29 heavy (non-hydrogen) atoms. The number of hydrogen-bond donors (Lipinski definition) is 1. The van der Waals surface area contributed by atoms with Crippen LogP contribution in [0.5, 0.6) is 5.75 Å². The highest BCUT2D eigenvalue weighted by Crippen LogP contribution is 2.35. The van der Waals surface area contributed by atoms with Gasteiger partial charge in [-0.25, -0.2) is 4.79 Å². The molecule has 1 aromatic rings. The van der Waals surface area contributed by atoms with Crippen LogP contribution >= 0.6 is 11.6 Å². The van der Waals surface area contributed by atoms with E-state index in [2.05, 4.69) is 10.2 Å². The van der Waals surface area contributed by atoms with Gasteiger partial charge in [-0.1, -0.05) is 11.6 Å². The van der Waals surface area contributed by atoms with Gasteiger partial charge in [-0.15, -0.1) is 0 Å². The van der Waals surface area contributed by atoms with E-state index in [9.17, 15) is 9.59 Å². The van der Waals surface area contributed by atoms with Crippen LogP contribution in [0.3, 0.4) is 0 Å². The van der Waals surface area contributed by atoms with Crippen LogP contribution in [-0.2, 0) is 14.3 Å². The fourth-order valence-corrected chi connectivity index (χ4v) is 3.10. The fourth-order valence-electron chi connectivity index (χ4n) is 2.93. The monoisotopic (exact) mass is 426 g/mol. The molecule has 1 saturated heterocycles. The molecule has 1 aliphatic rings. The maximum absolute atomic E-state index is 11.8. The fraction of sp³-hybridized carbons (Fsp3) is 0.619. The van der Waals surface area contributed by atoms with Gasteiger partial charge in [0.25, 0.3) is 0 Å². The summed E-state index contributed by atoms with van der Waals surface area (Å²) >= 11 is 6.16. The molecule has 0 atom stereocenters. The number of alkyl carbamates (subject to hydrolysis) is 1. The molecule has 1 aliphatic heterocycles. The second-order valence-corrected chi connectivity index (χ2v) is 8.46. The first kappa shape index (κ1) is 23.1. The summed E-state index contributed by atoms with van der Waals surface area (Å²) in [5.41, 5.74) is 0.415. The Bertz CT molecular complexity index is 699. The van der Waals surface area contributed by atoms with Crippen LogP contribution in [-0.4, -0.2) is 50.5 Å². The quantitative estimate of drug-likeness (QED) is 0.474. The number of benzene rings is 1. The first-order valence-corrected chi connectivity index (χ1v) is 10.4. The molecule has 0 saturated carbocycles. The average molecular weight is 427 g/mol. The Morgan fingerprint density at radius 1 is 1.28 bits per heavy atom. The van der Waals surface area contributed by atoms with Crippen LogP contribution < -0.4 is 15.0 Å². The van der Waals surface area contributed by atoms with Crippen molar-refractivity contribution in [3.8, 4) is 5.75 Å². The van der Waals surface area contributed by atoms with Crippen molar-refractivity contribution in [3.63, 3.8) is 0 Å². The van der Waals surface area contributed by atoms with Gasteiger partial charge in [-0.3, -0.25) is 4.79 Å². The number of rotatable bonds is 9. The molecule has 7 nitrogen and oxygen atoms in total. The van der Waals surface area contributed by atoms with E-state index in [1.807, 2.05) is 32.9 Å². The van der Waals surface area contributed by atoms with Crippen molar-refractivity contribution < 1.29 is 23.8 Å². The van der Waals surface area contributed by atoms with E-state index in [1.54, 1.807) is 13.0 Å². The third-order valence-electron chi connectivity index (χ3n) is 4.24. The van der Waals surface area contributed by atoms with Crippen LogP contribution in [0.25, 0.3) is 0 Å². The predicted octanol–water partition coefficient (Wildman–Crippen LogP) is 4.02. The van der Waals surface area contributed by atoms with Crippen molar-refractivity contribution in [1.29, 1.82) is 0 Å². The zero-order valence-corrected chi connectivity index (χ0v) is 18.4. The lowest BCUT2D eigenvalue weighted by Gasteiger charge is -2.41. The zero-order chi connectivity index (χ0) is 21.4. The van der Waals surface area contributed by atoms with Crippen molar-refractivity contribution >= 4 is 29.4 Å². The molecular weight excluding hydrogens is 396 g/mol. The Morgan fingerprint density at radius 3 is 2.66 bits per heavy atom. The summed E-state index contributed by atoms with van der Waals surface area (Å²) in [5.74, 6) is 0.852. The number of halogens is 1. The van der Waals surface area contributed by atoms with E-state index < -0.39 is 11.7 Å². The van der Waals surface area contributed by atoms with E-state index in [1.165, 1.54) is 0 Å². The molecular formula is C21H31ClN2O5. The lowest BCUT2D eigenvalue weighted by molar-refractivity contribution is -0.143. The molecule has 0 spiro atoms. The number of nitrogens with one attached hydrogen (secondary N) is 1. The summed E-state index contributed by atoms with van der Waals surface area (Å²) in [6.45, 7) is 10.2. The number of amides is 1. The number of hydrogen-bond acceptors (Lipinski definition) is 6. The van der Waals surface area contributed by atoms with Crippen LogP contribution in [0.2, 0.25) is 5.02 Å². The van der Waals surface area contributed by atoms with Crippen LogP contribution in [0, 0.1) is 5.92 Å². The summed E-state index contributed by atoms with van der Waals surface area (Å²) in [4.78, 5) is 25.3. The van der Waals surface area contributed by atoms with Gasteiger partial charge in [0.2, 0.25) is 0 Å². The second kappa shape index (κ2) is 10.6. The zero-order valence-electron chi connectivity index (χ0n) is 17.6. The molecule has 0 aliphatic carbocycles. The Morgan fingerprint density at radius 2 is 2.00 bits per heavy atom. The number of carbonyl (C=O) groups is 2. The van der Waals surface area contributed by atoms with E-state index >= 15 is 0 Å². The van der Waals surface area contributed by atoms with Crippen LogP contribution in [0.4, 0.5) is 10.5 Å². The third kappa shape index (κ3) is 8.01. The topological polar surface area (TPSA) is 77.1 Å². The predicted molar refractivity (Wildman–Crippen MR) is 113 cm³/mol. The highest BCUT2D eigenvalue weighted by Gasteiger charge is 2.30. The number of carbonyl (C=O) groups excluding carboxylic acids is 2. The number of ether oxygens (including phenoxy) is 3. The Labute approximate surface area is 177 Å². The van der Waals surface area contributed by atoms with E-state index in [0.29, 0.717) is 43.5 Å². The molecule has 0 aromatic heterocycles. The van der Waals surface area contributed by atoms with Gasteiger partial charge in [0.05, 0.1) is 18.9 Å². The number of anilines is 1. The highest BCUT2D eigenvalue weighted by atomic mass is 35.5. The highest BCUT2D eigenvalue weighted by molar-refractivity contribution is 6.30. The van der Waals surface area contributed by atoms with Crippen molar-refractivity contribution in [1.82, 2.24) is 5.32 Å². The van der Waals surface area contributed by atoms with Gasteiger partial charge in [-0.05, 0) is 52.3 Å². The van der Waals surface area contributed by atoms with Crippen LogP contribution in [0.15, 0.2) is 18.2 Å². The molecule has 1 fully saturated rings. The summed E-state index contributed by atoms with van der Waals surface area (Å²) in [6.07, 6.45) is 0.520. The van der Waals surface area contributed by atoms with Gasteiger partial charge < -0.3 is 24.4 Å². The molecule has 0 radical (unpaired) electrons. The smallest absolute Gasteiger partial charge is 0.407 e. The normalized spacial score (nSPS) is 14.2. The standard InChI is InChI=1S/C21H31ClN2O5/c1-5-27-19(25)7-6-10-28-18-9-8-16(22)11-17(18)24-13-15(14-24)12-23-20(26)29-21(2,3)4/h8-9,11,15H,5-7,10,12-14H2,1-4H3,(H,23,26). The van der Waals surface area contributed by atoms with Crippen molar-refractivity contribution in [2.24, 2.45) is 5.92 Å². The molecule has 1 heterocycles. The average Bonchev–Trinajstić information content (AvgIpc) is 2.57. The van der Waals surface area contributed by atoms with E-state index in [-0.39, 0.29) is 5.97 Å². The minimum absolute atomic E-state index is 0.212. The van der Waals surface area contributed by atoms with Crippen LogP contribution in [0.1, 0.15) is 40.5 Å². The maximum atomic E-state index is 11.8. The number of esters is 1. The van der Waals surface area contributed by atoms with Gasteiger partial charge in [0, 0.05) is 37.0 Å².